The van der Waals surface area contributed by atoms with Gasteiger partial charge < -0.3 is 0 Å². The van der Waals surface area contributed by atoms with Crippen LogP contribution in [-0.2, 0) is 18.6 Å². The van der Waals surface area contributed by atoms with E-state index in [0.29, 0.717) is 11.2 Å². The Hall–Kier alpha value is -2.03. The first-order valence-electron chi connectivity index (χ1n) is 10.6. The summed E-state index contributed by atoms with van der Waals surface area (Å²) in [6.45, 7) is 7.08. The van der Waals surface area contributed by atoms with Crippen molar-refractivity contribution in [1.82, 2.24) is 24.6 Å². The van der Waals surface area contributed by atoms with Gasteiger partial charge in [0.15, 0.2) is 15.8 Å². The van der Waals surface area contributed by atoms with Crippen molar-refractivity contribution in [3.8, 4) is 0 Å². The van der Waals surface area contributed by atoms with Crippen LogP contribution in [0.1, 0.15) is 43.5 Å². The van der Waals surface area contributed by atoms with Gasteiger partial charge >= 0.3 is 0 Å². The Bertz CT molecular complexity index is 1390. The van der Waals surface area contributed by atoms with E-state index in [0.717, 1.165) is 44.9 Å². The summed E-state index contributed by atoms with van der Waals surface area (Å²) in [5.41, 5.74) is 3.81. The molecule has 0 amide bonds. The topological polar surface area (TPSA) is 56.0 Å². The van der Waals surface area contributed by atoms with Crippen LogP contribution in [0.3, 0.4) is 0 Å². The zero-order valence-electron chi connectivity index (χ0n) is 17.8. The van der Waals surface area contributed by atoms with E-state index < -0.39 is 0 Å². The number of thiophene rings is 1. The number of hydrogen-bond acceptors (Lipinski definition) is 7. The molecule has 31 heavy (non-hydrogen) atoms. The van der Waals surface area contributed by atoms with Crippen LogP contribution in [0, 0.1) is 11.3 Å². The molecule has 4 aromatic heterocycles. The molecule has 0 bridgehead atoms. The molecular weight excluding hydrogens is 442 g/mol. The standard InChI is InChI=1S/C23H23N5S3/c1-23(2,3)13-8-9-14-17(10-13)30-21-19(14)20-26-18(27-28(20)12-24-21)11-29-22-25-15-6-4-5-7-16(15)31-22/h4-7,12-13H,8-11H2,1-3H3/t13-/m0/s1. The zero-order valence-corrected chi connectivity index (χ0v) is 20.2. The summed E-state index contributed by atoms with van der Waals surface area (Å²) in [4.78, 5) is 17.0. The summed E-state index contributed by atoms with van der Waals surface area (Å²) < 4.78 is 4.14. The Balaban J connectivity index is 1.32. The maximum absolute atomic E-state index is 4.93. The molecule has 0 radical (unpaired) electrons. The highest BCUT2D eigenvalue weighted by atomic mass is 32.2. The van der Waals surface area contributed by atoms with Crippen molar-refractivity contribution >= 4 is 60.5 Å². The summed E-state index contributed by atoms with van der Waals surface area (Å²) in [6, 6.07) is 8.27. The van der Waals surface area contributed by atoms with E-state index in [-0.39, 0.29) is 0 Å². The number of rotatable bonds is 3. The van der Waals surface area contributed by atoms with Crippen molar-refractivity contribution in [1.29, 1.82) is 0 Å². The molecule has 1 atom stereocenters. The molecule has 1 aliphatic carbocycles. The quantitative estimate of drug-likeness (QED) is 0.289. The fraction of sp³-hybridized carbons (Fsp3) is 0.391. The number of aryl methyl sites for hydroxylation is 1. The fourth-order valence-corrected chi connectivity index (χ4v) is 7.64. The van der Waals surface area contributed by atoms with Gasteiger partial charge in [0.1, 0.15) is 11.2 Å². The van der Waals surface area contributed by atoms with Crippen LogP contribution in [0.4, 0.5) is 0 Å². The highest BCUT2D eigenvalue weighted by Crippen LogP contribution is 2.43. The van der Waals surface area contributed by atoms with E-state index >= 15 is 0 Å². The third-order valence-corrected chi connectivity index (χ3v) is 9.59. The summed E-state index contributed by atoms with van der Waals surface area (Å²) in [5, 5.41) is 5.94. The molecule has 0 unspecified atom stereocenters. The van der Waals surface area contributed by atoms with Gasteiger partial charge in [-0.25, -0.2) is 19.5 Å². The number of nitrogens with zero attached hydrogens (tertiary/aromatic N) is 5. The first-order chi connectivity index (χ1) is 15.0. The second-order valence-electron chi connectivity index (χ2n) is 9.27. The van der Waals surface area contributed by atoms with Crippen LogP contribution in [0.5, 0.6) is 0 Å². The Morgan fingerprint density at radius 3 is 2.87 bits per heavy atom. The minimum Gasteiger partial charge on any atom is -0.230 e. The van der Waals surface area contributed by atoms with Gasteiger partial charge in [-0.2, -0.15) is 0 Å². The lowest BCUT2D eigenvalue weighted by molar-refractivity contribution is 0.218. The summed E-state index contributed by atoms with van der Waals surface area (Å²) in [5.74, 6) is 2.27. The molecule has 158 valence electrons. The van der Waals surface area contributed by atoms with Gasteiger partial charge in [-0.15, -0.1) is 27.8 Å². The molecule has 0 saturated heterocycles. The Kier molecular flexibility index (Phi) is 4.59. The van der Waals surface area contributed by atoms with Crippen molar-refractivity contribution in [2.75, 3.05) is 0 Å². The normalized spacial score (nSPS) is 17.1. The van der Waals surface area contributed by atoms with Crippen molar-refractivity contribution in [3.05, 3.63) is 46.9 Å². The van der Waals surface area contributed by atoms with E-state index in [9.17, 15) is 0 Å². The maximum Gasteiger partial charge on any atom is 0.167 e. The molecule has 1 aromatic carbocycles. The number of fused-ring (bicyclic) bond motifs is 6. The van der Waals surface area contributed by atoms with Gasteiger partial charge in [0.05, 0.1) is 21.4 Å². The van der Waals surface area contributed by atoms with E-state index in [2.05, 4.69) is 39.0 Å². The van der Waals surface area contributed by atoms with E-state index in [1.807, 2.05) is 28.2 Å². The summed E-state index contributed by atoms with van der Waals surface area (Å²) >= 11 is 5.28. The second kappa shape index (κ2) is 7.25. The number of thiazole rings is 1. The smallest absolute Gasteiger partial charge is 0.167 e. The highest BCUT2D eigenvalue weighted by molar-refractivity contribution is 8.00. The van der Waals surface area contributed by atoms with Gasteiger partial charge in [0, 0.05) is 4.88 Å². The molecule has 6 rings (SSSR count). The predicted molar refractivity (Wildman–Crippen MR) is 130 cm³/mol. The van der Waals surface area contributed by atoms with Crippen LogP contribution >= 0.6 is 34.4 Å². The lowest BCUT2D eigenvalue weighted by Gasteiger charge is -2.33. The molecule has 0 spiro atoms. The largest absolute Gasteiger partial charge is 0.230 e. The van der Waals surface area contributed by atoms with Crippen LogP contribution in [0.15, 0.2) is 34.9 Å². The number of thioether (sulfide) groups is 1. The number of para-hydroxylation sites is 1. The molecule has 8 heteroatoms. The Labute approximate surface area is 192 Å². The van der Waals surface area contributed by atoms with Crippen LogP contribution < -0.4 is 0 Å². The van der Waals surface area contributed by atoms with Gasteiger partial charge in [-0.1, -0.05) is 44.7 Å². The minimum atomic E-state index is 0.344. The maximum atomic E-state index is 4.93. The molecule has 1 aliphatic rings. The molecule has 0 fully saturated rings. The summed E-state index contributed by atoms with van der Waals surface area (Å²) in [6.07, 6.45) is 5.32. The number of benzene rings is 1. The molecule has 5 nitrogen and oxygen atoms in total. The molecule has 4 heterocycles. The molecule has 5 aromatic rings. The van der Waals surface area contributed by atoms with Crippen LogP contribution in [0.25, 0.3) is 26.1 Å². The molecule has 0 saturated carbocycles. The predicted octanol–water partition coefficient (Wildman–Crippen LogP) is 6.39. The lowest BCUT2D eigenvalue weighted by atomic mass is 9.72. The molecular formula is C23H23N5S3. The lowest BCUT2D eigenvalue weighted by Crippen LogP contribution is -2.26. The van der Waals surface area contributed by atoms with Gasteiger partial charge in [0.25, 0.3) is 0 Å². The van der Waals surface area contributed by atoms with E-state index in [1.54, 1.807) is 23.1 Å². The first kappa shape index (κ1) is 19.6. The van der Waals surface area contributed by atoms with Crippen molar-refractivity contribution < 1.29 is 0 Å². The SMILES string of the molecule is CC(C)(C)[C@H]1CCc2c(sc3ncn4nc(CSc5nc6ccccc6s5)nc4c23)C1. The molecule has 0 N–H and O–H groups in total. The van der Waals surface area contributed by atoms with Gasteiger partial charge in [-0.3, -0.25) is 0 Å². The average molecular weight is 466 g/mol. The number of aromatic nitrogens is 5. The Morgan fingerprint density at radius 1 is 1.16 bits per heavy atom. The summed E-state index contributed by atoms with van der Waals surface area (Å²) in [7, 11) is 0. The minimum absolute atomic E-state index is 0.344. The molecule has 0 aliphatic heterocycles. The monoisotopic (exact) mass is 465 g/mol. The van der Waals surface area contributed by atoms with Crippen molar-refractivity contribution in [2.45, 2.75) is 50.1 Å². The Morgan fingerprint density at radius 2 is 2.03 bits per heavy atom. The third kappa shape index (κ3) is 3.45. The zero-order chi connectivity index (χ0) is 21.2. The van der Waals surface area contributed by atoms with Gasteiger partial charge in [-0.05, 0) is 48.3 Å². The van der Waals surface area contributed by atoms with Crippen LogP contribution in [-0.4, -0.2) is 24.6 Å². The van der Waals surface area contributed by atoms with Crippen molar-refractivity contribution in [2.24, 2.45) is 11.3 Å². The third-order valence-electron chi connectivity index (χ3n) is 6.25. The van der Waals surface area contributed by atoms with Gasteiger partial charge in [0.2, 0.25) is 0 Å². The highest BCUT2D eigenvalue weighted by Gasteiger charge is 2.31. The first-order valence-corrected chi connectivity index (χ1v) is 13.2. The van der Waals surface area contributed by atoms with E-state index in [1.165, 1.54) is 26.9 Å². The fourth-order valence-electron chi connectivity index (χ4n) is 4.46. The second-order valence-corrected chi connectivity index (χ2v) is 12.6. The van der Waals surface area contributed by atoms with Crippen molar-refractivity contribution in [3.63, 3.8) is 0 Å². The number of hydrogen-bond donors (Lipinski definition) is 0. The van der Waals surface area contributed by atoms with E-state index in [4.69, 9.17) is 20.1 Å². The average Bonchev–Trinajstić information content (AvgIpc) is 3.44. The van der Waals surface area contributed by atoms with Crippen LogP contribution in [0.2, 0.25) is 0 Å².